The van der Waals surface area contributed by atoms with Crippen molar-refractivity contribution in [1.29, 1.82) is 0 Å². The second-order valence-electron chi connectivity index (χ2n) is 4.23. The van der Waals surface area contributed by atoms with Gasteiger partial charge in [0.25, 0.3) is 0 Å². The van der Waals surface area contributed by atoms with Gasteiger partial charge in [0.15, 0.2) is 0 Å². The first-order valence-corrected chi connectivity index (χ1v) is 5.70. The molecule has 2 aromatic carbocycles. The Morgan fingerprint density at radius 3 is 2.42 bits per heavy atom. The molecule has 19 heavy (non-hydrogen) atoms. The molecule has 0 aliphatic heterocycles. The Morgan fingerprint density at radius 1 is 0.895 bits per heavy atom. The van der Waals surface area contributed by atoms with Crippen LogP contribution in [0.25, 0.3) is 28.0 Å². The van der Waals surface area contributed by atoms with Gasteiger partial charge in [-0.1, -0.05) is 30.3 Å². The van der Waals surface area contributed by atoms with E-state index in [4.69, 9.17) is 4.42 Å². The molecule has 96 valence electrons. The Balaban J connectivity index is 2.14. The van der Waals surface area contributed by atoms with Gasteiger partial charge >= 0.3 is 6.18 Å². The fraction of sp³-hybridized carbons (Fsp3) is 0.0667. The summed E-state index contributed by atoms with van der Waals surface area (Å²) in [6, 6.07) is 12.4. The molecule has 1 aromatic heterocycles. The minimum Gasteiger partial charge on any atom is -0.456 e. The summed E-state index contributed by atoms with van der Waals surface area (Å²) in [6.07, 6.45) is -3.01. The van der Waals surface area contributed by atoms with Crippen LogP contribution in [0.2, 0.25) is 0 Å². The topological polar surface area (TPSA) is 13.1 Å². The van der Waals surface area contributed by atoms with Gasteiger partial charge in [0.2, 0.25) is 0 Å². The van der Waals surface area contributed by atoms with Gasteiger partial charge in [-0.15, -0.1) is 0 Å². The van der Waals surface area contributed by atoms with Crippen LogP contribution in [-0.4, -0.2) is 6.18 Å². The van der Waals surface area contributed by atoms with Gasteiger partial charge in [-0.05, 0) is 23.8 Å². The average Bonchev–Trinajstić information content (AvgIpc) is 2.73. The molecule has 0 aliphatic carbocycles. The zero-order chi connectivity index (χ0) is 13.5. The highest BCUT2D eigenvalue weighted by Crippen LogP contribution is 2.29. The maximum Gasteiger partial charge on any atom is 0.409 e. The van der Waals surface area contributed by atoms with Crippen LogP contribution in [0.1, 0.15) is 5.56 Å². The standard InChI is InChI=1S/C15H9F3O/c16-15(17,18)8-7-10-5-6-14-12(9-10)11-3-1-2-4-13(11)19-14/h1-9H/b8-7+. The molecule has 0 aliphatic rings. The Kier molecular flexibility index (Phi) is 2.59. The lowest BCUT2D eigenvalue weighted by Gasteiger charge is -1.98. The van der Waals surface area contributed by atoms with Crippen LogP contribution in [0, 0.1) is 0 Å². The van der Waals surface area contributed by atoms with Crippen molar-refractivity contribution in [2.24, 2.45) is 0 Å². The minimum atomic E-state index is -4.30. The van der Waals surface area contributed by atoms with E-state index >= 15 is 0 Å². The van der Waals surface area contributed by atoms with E-state index in [-0.39, 0.29) is 6.08 Å². The molecule has 1 nitrogen and oxygen atoms in total. The molecule has 0 atom stereocenters. The van der Waals surface area contributed by atoms with Gasteiger partial charge < -0.3 is 4.42 Å². The number of alkyl halides is 3. The van der Waals surface area contributed by atoms with E-state index in [0.29, 0.717) is 11.1 Å². The first-order valence-electron chi connectivity index (χ1n) is 5.70. The summed E-state index contributed by atoms with van der Waals surface area (Å²) in [5.41, 5.74) is 1.90. The lowest BCUT2D eigenvalue weighted by Crippen LogP contribution is -1.99. The molecule has 1 heterocycles. The minimum absolute atomic E-state index is 0.233. The number of benzene rings is 2. The Morgan fingerprint density at radius 2 is 1.63 bits per heavy atom. The molecule has 4 heteroatoms. The summed E-state index contributed by atoms with van der Waals surface area (Å²) in [5.74, 6) is 0. The highest BCUT2D eigenvalue weighted by atomic mass is 19.4. The van der Waals surface area contributed by atoms with Crippen LogP contribution in [0.3, 0.4) is 0 Å². The third-order valence-electron chi connectivity index (χ3n) is 2.87. The summed E-state index contributed by atoms with van der Waals surface area (Å²) in [4.78, 5) is 0. The largest absolute Gasteiger partial charge is 0.456 e. The van der Waals surface area contributed by atoms with Gasteiger partial charge in [-0.25, -0.2) is 0 Å². The zero-order valence-electron chi connectivity index (χ0n) is 9.74. The van der Waals surface area contributed by atoms with Crippen molar-refractivity contribution in [3.63, 3.8) is 0 Å². The van der Waals surface area contributed by atoms with Crippen molar-refractivity contribution in [3.05, 3.63) is 54.1 Å². The summed E-state index contributed by atoms with van der Waals surface area (Å²) in [6.45, 7) is 0. The number of rotatable bonds is 1. The molecule has 0 saturated heterocycles. The van der Waals surface area contributed by atoms with Crippen LogP contribution in [0.4, 0.5) is 13.2 Å². The quantitative estimate of drug-likeness (QED) is 0.590. The van der Waals surface area contributed by atoms with Crippen LogP contribution >= 0.6 is 0 Å². The highest BCUT2D eigenvalue weighted by molar-refractivity contribution is 6.05. The molecule has 0 N–H and O–H groups in total. The maximum absolute atomic E-state index is 12.1. The SMILES string of the molecule is FC(F)(F)/C=C/c1ccc2oc3ccccc3c2c1. The van der Waals surface area contributed by atoms with Crippen molar-refractivity contribution in [3.8, 4) is 0 Å². The molecular weight excluding hydrogens is 253 g/mol. The first-order chi connectivity index (χ1) is 9.03. The molecule has 0 bridgehead atoms. The number of halogens is 3. The predicted molar refractivity (Wildman–Crippen MR) is 68.8 cm³/mol. The lowest BCUT2D eigenvalue weighted by atomic mass is 10.1. The third kappa shape index (κ3) is 2.34. The predicted octanol–water partition coefficient (Wildman–Crippen LogP) is 5.16. The fourth-order valence-corrected chi connectivity index (χ4v) is 2.04. The van der Waals surface area contributed by atoms with E-state index in [1.165, 1.54) is 0 Å². The van der Waals surface area contributed by atoms with Gasteiger partial charge in [-0.3, -0.25) is 0 Å². The Bertz CT molecular complexity index is 766. The van der Waals surface area contributed by atoms with E-state index in [2.05, 4.69) is 0 Å². The number of hydrogen-bond acceptors (Lipinski definition) is 1. The number of para-hydroxylation sites is 1. The second-order valence-corrected chi connectivity index (χ2v) is 4.23. The van der Waals surface area contributed by atoms with Crippen molar-refractivity contribution in [2.45, 2.75) is 6.18 Å². The average molecular weight is 262 g/mol. The highest BCUT2D eigenvalue weighted by Gasteiger charge is 2.21. The Labute approximate surface area is 106 Å². The maximum atomic E-state index is 12.1. The third-order valence-corrected chi connectivity index (χ3v) is 2.87. The number of hydrogen-bond donors (Lipinski definition) is 0. The normalized spacial score (nSPS) is 12.8. The van der Waals surface area contributed by atoms with Crippen molar-refractivity contribution in [1.82, 2.24) is 0 Å². The fourth-order valence-electron chi connectivity index (χ4n) is 2.04. The number of furan rings is 1. The molecule has 3 aromatic rings. The van der Waals surface area contributed by atoms with Gasteiger partial charge in [0.05, 0.1) is 0 Å². The van der Waals surface area contributed by atoms with Crippen molar-refractivity contribution in [2.75, 3.05) is 0 Å². The molecule has 0 saturated carbocycles. The Hall–Kier alpha value is -2.23. The molecule has 3 rings (SSSR count). The van der Waals surface area contributed by atoms with Crippen LogP contribution < -0.4 is 0 Å². The summed E-state index contributed by atoms with van der Waals surface area (Å²) < 4.78 is 42.0. The van der Waals surface area contributed by atoms with E-state index in [1.54, 1.807) is 18.2 Å². The molecule has 0 radical (unpaired) electrons. The molecule has 0 spiro atoms. The summed E-state index contributed by atoms with van der Waals surface area (Å²) >= 11 is 0. The van der Waals surface area contributed by atoms with E-state index in [1.807, 2.05) is 24.3 Å². The zero-order valence-corrected chi connectivity index (χ0v) is 9.74. The second kappa shape index (κ2) is 4.16. The van der Waals surface area contributed by atoms with Crippen molar-refractivity contribution < 1.29 is 17.6 Å². The molecular formula is C15H9F3O. The van der Waals surface area contributed by atoms with Crippen molar-refractivity contribution >= 4 is 28.0 Å². The molecule has 0 unspecified atom stereocenters. The number of fused-ring (bicyclic) bond motifs is 3. The van der Waals surface area contributed by atoms with E-state index in [9.17, 15) is 13.2 Å². The summed E-state index contributed by atoms with van der Waals surface area (Å²) in [7, 11) is 0. The van der Waals surface area contributed by atoms with E-state index < -0.39 is 6.18 Å². The van der Waals surface area contributed by atoms with Gasteiger partial charge in [0, 0.05) is 16.8 Å². The smallest absolute Gasteiger partial charge is 0.409 e. The number of allylic oxidation sites excluding steroid dienone is 1. The summed E-state index contributed by atoms with van der Waals surface area (Å²) in [5, 5.41) is 1.72. The monoisotopic (exact) mass is 262 g/mol. The lowest BCUT2D eigenvalue weighted by molar-refractivity contribution is -0.0790. The first kappa shape index (κ1) is 11.8. The van der Waals surface area contributed by atoms with Crippen LogP contribution in [0.15, 0.2) is 53.0 Å². The van der Waals surface area contributed by atoms with Gasteiger partial charge in [0.1, 0.15) is 11.2 Å². The van der Waals surface area contributed by atoms with Crippen LogP contribution in [-0.2, 0) is 0 Å². The van der Waals surface area contributed by atoms with Gasteiger partial charge in [-0.2, -0.15) is 13.2 Å². The molecule has 0 fully saturated rings. The molecule has 0 amide bonds. The van der Waals surface area contributed by atoms with Crippen LogP contribution in [0.5, 0.6) is 0 Å². The van der Waals surface area contributed by atoms with E-state index in [0.717, 1.165) is 22.4 Å².